The zero-order valence-electron chi connectivity index (χ0n) is 11.4. The third kappa shape index (κ3) is 3.31. The molecule has 0 aliphatic carbocycles. The molecule has 20 heavy (non-hydrogen) atoms. The van der Waals surface area contributed by atoms with Gasteiger partial charge in [0.2, 0.25) is 0 Å². The van der Waals surface area contributed by atoms with Crippen LogP contribution in [-0.2, 0) is 0 Å². The number of carbonyl (C=O) groups is 1. The Kier molecular flexibility index (Phi) is 4.30. The van der Waals surface area contributed by atoms with Crippen LogP contribution in [0.4, 0.5) is 5.69 Å². The standard InChI is InChI=1S/C16H16ClNO2/c1-10(2)20-13-6-3-11(4-7-13)16(19)14-8-5-12(18)9-15(14)17/h3-10H,18H2,1-2H3. The van der Waals surface area contributed by atoms with Crippen molar-refractivity contribution in [2.45, 2.75) is 20.0 Å². The minimum atomic E-state index is -0.133. The summed E-state index contributed by atoms with van der Waals surface area (Å²) in [6.45, 7) is 3.90. The van der Waals surface area contributed by atoms with Gasteiger partial charge in [-0.2, -0.15) is 0 Å². The second-order valence-corrected chi connectivity index (χ2v) is 5.17. The first-order valence-electron chi connectivity index (χ1n) is 6.34. The zero-order chi connectivity index (χ0) is 14.7. The van der Waals surface area contributed by atoms with Gasteiger partial charge in [0, 0.05) is 16.8 Å². The van der Waals surface area contributed by atoms with E-state index in [9.17, 15) is 4.79 Å². The van der Waals surface area contributed by atoms with E-state index in [4.69, 9.17) is 22.1 Å². The Morgan fingerprint density at radius 3 is 2.35 bits per heavy atom. The molecule has 104 valence electrons. The third-order valence-corrected chi connectivity index (χ3v) is 3.04. The van der Waals surface area contributed by atoms with E-state index in [1.54, 1.807) is 42.5 Å². The van der Waals surface area contributed by atoms with Crippen molar-refractivity contribution in [3.63, 3.8) is 0 Å². The lowest BCUT2D eigenvalue weighted by atomic mass is 10.0. The highest BCUT2D eigenvalue weighted by Gasteiger charge is 2.13. The predicted octanol–water partition coefficient (Wildman–Crippen LogP) is 3.94. The lowest BCUT2D eigenvalue weighted by Gasteiger charge is -2.10. The van der Waals surface area contributed by atoms with E-state index in [-0.39, 0.29) is 11.9 Å². The first-order valence-corrected chi connectivity index (χ1v) is 6.71. The molecule has 0 aromatic heterocycles. The minimum absolute atomic E-state index is 0.100. The molecular weight excluding hydrogens is 274 g/mol. The van der Waals surface area contributed by atoms with Gasteiger partial charge in [-0.05, 0) is 56.3 Å². The lowest BCUT2D eigenvalue weighted by molar-refractivity contribution is 0.103. The van der Waals surface area contributed by atoms with E-state index >= 15 is 0 Å². The number of nitrogens with two attached hydrogens (primary N) is 1. The zero-order valence-corrected chi connectivity index (χ0v) is 12.1. The van der Waals surface area contributed by atoms with E-state index in [0.717, 1.165) is 5.75 Å². The molecule has 0 fully saturated rings. The minimum Gasteiger partial charge on any atom is -0.491 e. The number of hydrogen-bond donors (Lipinski definition) is 1. The van der Waals surface area contributed by atoms with Crippen LogP contribution in [0.25, 0.3) is 0 Å². The number of anilines is 1. The molecule has 0 radical (unpaired) electrons. The van der Waals surface area contributed by atoms with Crippen LogP contribution in [0, 0.1) is 0 Å². The third-order valence-electron chi connectivity index (χ3n) is 2.73. The van der Waals surface area contributed by atoms with Crippen molar-refractivity contribution in [3.05, 3.63) is 58.6 Å². The summed E-state index contributed by atoms with van der Waals surface area (Å²) in [7, 11) is 0. The van der Waals surface area contributed by atoms with Gasteiger partial charge in [0.15, 0.2) is 5.78 Å². The molecule has 4 heteroatoms. The van der Waals surface area contributed by atoms with Gasteiger partial charge in [-0.3, -0.25) is 4.79 Å². The topological polar surface area (TPSA) is 52.3 Å². The molecule has 2 N–H and O–H groups in total. The van der Waals surface area contributed by atoms with Gasteiger partial charge < -0.3 is 10.5 Å². The Hall–Kier alpha value is -2.00. The number of ketones is 1. The normalized spacial score (nSPS) is 10.6. The van der Waals surface area contributed by atoms with Crippen LogP contribution in [0.1, 0.15) is 29.8 Å². The van der Waals surface area contributed by atoms with Gasteiger partial charge in [-0.15, -0.1) is 0 Å². The average Bonchev–Trinajstić information content (AvgIpc) is 2.38. The summed E-state index contributed by atoms with van der Waals surface area (Å²) in [6.07, 6.45) is 0.100. The fourth-order valence-corrected chi connectivity index (χ4v) is 2.10. The van der Waals surface area contributed by atoms with E-state index in [1.165, 1.54) is 0 Å². The van der Waals surface area contributed by atoms with E-state index in [1.807, 2.05) is 13.8 Å². The molecule has 0 bridgehead atoms. The maximum Gasteiger partial charge on any atom is 0.194 e. The fraction of sp³-hybridized carbons (Fsp3) is 0.188. The summed E-state index contributed by atoms with van der Waals surface area (Å²) in [5.41, 5.74) is 7.16. The van der Waals surface area contributed by atoms with Crippen molar-refractivity contribution in [2.24, 2.45) is 0 Å². The average molecular weight is 290 g/mol. The van der Waals surface area contributed by atoms with E-state index < -0.39 is 0 Å². The van der Waals surface area contributed by atoms with Crippen molar-refractivity contribution in [1.82, 2.24) is 0 Å². The molecular formula is C16H16ClNO2. The first kappa shape index (κ1) is 14.4. The van der Waals surface area contributed by atoms with E-state index in [0.29, 0.717) is 21.8 Å². The number of nitrogen functional groups attached to an aromatic ring is 1. The van der Waals surface area contributed by atoms with Gasteiger partial charge in [-0.25, -0.2) is 0 Å². The second-order valence-electron chi connectivity index (χ2n) is 4.76. The summed E-state index contributed by atoms with van der Waals surface area (Å²) in [4.78, 5) is 12.3. The Labute approximate surface area is 123 Å². The SMILES string of the molecule is CC(C)Oc1ccc(C(=O)c2ccc(N)cc2Cl)cc1. The molecule has 0 unspecified atom stereocenters. The smallest absolute Gasteiger partial charge is 0.194 e. The quantitative estimate of drug-likeness (QED) is 0.685. The Morgan fingerprint density at radius 1 is 1.15 bits per heavy atom. The fourth-order valence-electron chi connectivity index (χ4n) is 1.83. The van der Waals surface area contributed by atoms with Crippen LogP contribution >= 0.6 is 11.6 Å². The second kappa shape index (κ2) is 5.97. The Morgan fingerprint density at radius 2 is 1.80 bits per heavy atom. The summed E-state index contributed by atoms with van der Waals surface area (Å²) in [5.74, 6) is 0.603. The largest absolute Gasteiger partial charge is 0.491 e. The van der Waals surface area contributed by atoms with Gasteiger partial charge >= 0.3 is 0 Å². The molecule has 0 aliphatic heterocycles. The van der Waals surface area contributed by atoms with Crippen molar-refractivity contribution in [3.8, 4) is 5.75 Å². The molecule has 3 nitrogen and oxygen atoms in total. The molecule has 2 aromatic carbocycles. The lowest BCUT2D eigenvalue weighted by Crippen LogP contribution is -2.06. The maximum atomic E-state index is 12.3. The number of halogens is 1. The molecule has 0 atom stereocenters. The Bertz CT molecular complexity index is 621. The van der Waals surface area contributed by atoms with Crippen LogP contribution in [-0.4, -0.2) is 11.9 Å². The van der Waals surface area contributed by atoms with Crippen molar-refractivity contribution in [1.29, 1.82) is 0 Å². The van der Waals surface area contributed by atoms with Crippen molar-refractivity contribution in [2.75, 3.05) is 5.73 Å². The summed E-state index contributed by atoms with van der Waals surface area (Å²) >= 11 is 6.05. The molecule has 0 spiro atoms. The molecule has 0 saturated carbocycles. The van der Waals surface area contributed by atoms with E-state index in [2.05, 4.69) is 0 Å². The van der Waals surface area contributed by atoms with Gasteiger partial charge in [0.05, 0.1) is 11.1 Å². The summed E-state index contributed by atoms with van der Waals surface area (Å²) < 4.78 is 5.54. The molecule has 2 rings (SSSR count). The van der Waals surface area contributed by atoms with Crippen LogP contribution in [0.15, 0.2) is 42.5 Å². The Balaban J connectivity index is 2.25. The van der Waals surface area contributed by atoms with Crippen molar-refractivity contribution < 1.29 is 9.53 Å². The molecule has 0 aliphatic rings. The van der Waals surface area contributed by atoms with Crippen LogP contribution in [0.2, 0.25) is 5.02 Å². The number of carbonyl (C=O) groups excluding carboxylic acids is 1. The van der Waals surface area contributed by atoms with Crippen LogP contribution < -0.4 is 10.5 Å². The van der Waals surface area contributed by atoms with Crippen LogP contribution in [0.5, 0.6) is 5.75 Å². The number of ether oxygens (including phenoxy) is 1. The highest BCUT2D eigenvalue weighted by Crippen LogP contribution is 2.23. The monoisotopic (exact) mass is 289 g/mol. The number of hydrogen-bond acceptors (Lipinski definition) is 3. The highest BCUT2D eigenvalue weighted by molar-refractivity contribution is 6.35. The highest BCUT2D eigenvalue weighted by atomic mass is 35.5. The summed E-state index contributed by atoms with van der Waals surface area (Å²) in [6, 6.07) is 11.9. The number of benzene rings is 2. The molecule has 2 aromatic rings. The van der Waals surface area contributed by atoms with Gasteiger partial charge in [0.25, 0.3) is 0 Å². The maximum absolute atomic E-state index is 12.3. The van der Waals surface area contributed by atoms with Crippen LogP contribution in [0.3, 0.4) is 0 Å². The summed E-state index contributed by atoms with van der Waals surface area (Å²) in [5, 5.41) is 0.359. The van der Waals surface area contributed by atoms with Gasteiger partial charge in [-0.1, -0.05) is 11.6 Å². The molecule has 0 heterocycles. The van der Waals surface area contributed by atoms with Gasteiger partial charge in [0.1, 0.15) is 5.75 Å². The number of rotatable bonds is 4. The predicted molar refractivity (Wildman–Crippen MR) is 81.5 cm³/mol. The molecule has 0 saturated heterocycles. The molecule has 0 amide bonds. The van der Waals surface area contributed by atoms with Crippen molar-refractivity contribution >= 4 is 23.1 Å². The first-order chi connectivity index (χ1) is 9.47.